The molecule has 0 aliphatic carbocycles. The molecule has 1 rings (SSSR count). The lowest BCUT2D eigenvalue weighted by atomic mass is 10.1. The number of hydrogen-bond donors (Lipinski definition) is 0. The summed E-state index contributed by atoms with van der Waals surface area (Å²) in [4.78, 5) is 11.4. The highest BCUT2D eigenvalue weighted by molar-refractivity contribution is 6.06. The summed E-state index contributed by atoms with van der Waals surface area (Å²) in [5.41, 5.74) is 0.241. The highest BCUT2D eigenvalue weighted by Crippen LogP contribution is 2.22. The second kappa shape index (κ2) is 4.56. The number of carbonyl (C=O) groups is 1. The van der Waals surface area contributed by atoms with Gasteiger partial charge in [0.15, 0.2) is 17.3 Å². The van der Waals surface area contributed by atoms with E-state index < -0.39 is 5.82 Å². The van der Waals surface area contributed by atoms with Crippen molar-refractivity contribution in [1.29, 1.82) is 0 Å². The van der Waals surface area contributed by atoms with Crippen LogP contribution in [0.5, 0.6) is 5.75 Å². The third kappa shape index (κ3) is 1.99. The molecule has 0 bridgehead atoms. The van der Waals surface area contributed by atoms with Gasteiger partial charge in [-0.2, -0.15) is 0 Å². The topological polar surface area (TPSA) is 26.3 Å². The van der Waals surface area contributed by atoms with E-state index in [-0.39, 0.29) is 17.1 Å². The van der Waals surface area contributed by atoms with E-state index in [1.54, 1.807) is 13.0 Å². The molecule has 74 valence electrons. The molecule has 0 spiro atoms. The largest absolute Gasteiger partial charge is 0.493 e. The molecule has 0 fully saturated rings. The number of ether oxygens (including phenoxy) is 1. The fraction of sp³-hybridized carbons (Fsp3) is 0.182. The SMILES string of the molecule is C/C=C/C(=O)c1cccc(F)c1OC. The van der Waals surface area contributed by atoms with Crippen LogP contribution in [0.1, 0.15) is 17.3 Å². The Morgan fingerprint density at radius 2 is 2.21 bits per heavy atom. The summed E-state index contributed by atoms with van der Waals surface area (Å²) in [6.07, 6.45) is 2.98. The summed E-state index contributed by atoms with van der Waals surface area (Å²) in [6.45, 7) is 1.73. The molecule has 0 atom stereocenters. The van der Waals surface area contributed by atoms with Crippen LogP contribution in [0.3, 0.4) is 0 Å². The van der Waals surface area contributed by atoms with Crippen LogP contribution in [0.25, 0.3) is 0 Å². The van der Waals surface area contributed by atoms with Crippen LogP contribution in [0.4, 0.5) is 4.39 Å². The van der Waals surface area contributed by atoms with Crippen LogP contribution in [-0.4, -0.2) is 12.9 Å². The Balaban J connectivity index is 3.20. The zero-order valence-electron chi connectivity index (χ0n) is 8.08. The molecule has 0 unspecified atom stereocenters. The number of para-hydroxylation sites is 1. The molecule has 0 heterocycles. The predicted molar refractivity (Wildman–Crippen MR) is 52.1 cm³/mol. The van der Waals surface area contributed by atoms with Gasteiger partial charge in [-0.25, -0.2) is 4.39 Å². The van der Waals surface area contributed by atoms with Gasteiger partial charge in [0, 0.05) is 0 Å². The van der Waals surface area contributed by atoms with E-state index in [1.165, 1.54) is 31.4 Å². The number of ketones is 1. The third-order valence-corrected chi connectivity index (χ3v) is 1.75. The highest BCUT2D eigenvalue weighted by Gasteiger charge is 2.12. The van der Waals surface area contributed by atoms with Gasteiger partial charge >= 0.3 is 0 Å². The molecule has 0 amide bonds. The van der Waals surface area contributed by atoms with Gasteiger partial charge in [-0.15, -0.1) is 0 Å². The van der Waals surface area contributed by atoms with E-state index >= 15 is 0 Å². The van der Waals surface area contributed by atoms with Crippen molar-refractivity contribution >= 4 is 5.78 Å². The number of halogens is 1. The number of hydrogen-bond acceptors (Lipinski definition) is 2. The van der Waals surface area contributed by atoms with Crippen molar-refractivity contribution in [3.05, 3.63) is 41.7 Å². The maximum Gasteiger partial charge on any atom is 0.189 e. The van der Waals surface area contributed by atoms with Gasteiger partial charge in [-0.3, -0.25) is 4.79 Å². The van der Waals surface area contributed by atoms with Gasteiger partial charge in [-0.1, -0.05) is 12.1 Å². The Kier molecular flexibility index (Phi) is 3.40. The summed E-state index contributed by atoms with van der Waals surface area (Å²) < 4.78 is 18.0. The number of carbonyl (C=O) groups excluding carboxylic acids is 1. The maximum absolute atomic E-state index is 13.1. The van der Waals surface area contributed by atoms with Crippen LogP contribution in [-0.2, 0) is 0 Å². The zero-order chi connectivity index (χ0) is 10.6. The molecule has 0 aliphatic heterocycles. The normalized spacial score (nSPS) is 10.5. The van der Waals surface area contributed by atoms with Gasteiger partial charge in [0.2, 0.25) is 0 Å². The highest BCUT2D eigenvalue weighted by atomic mass is 19.1. The van der Waals surface area contributed by atoms with Gasteiger partial charge < -0.3 is 4.74 Å². The van der Waals surface area contributed by atoms with Crippen molar-refractivity contribution in [2.24, 2.45) is 0 Å². The minimum atomic E-state index is -0.525. The lowest BCUT2D eigenvalue weighted by molar-refractivity contribution is 0.104. The zero-order valence-corrected chi connectivity index (χ0v) is 8.08. The molecule has 0 saturated heterocycles. The minimum absolute atomic E-state index is 0.00407. The lowest BCUT2D eigenvalue weighted by Gasteiger charge is -2.05. The van der Waals surface area contributed by atoms with E-state index in [4.69, 9.17) is 4.74 Å². The Labute approximate surface area is 82.0 Å². The molecule has 0 saturated carbocycles. The van der Waals surface area contributed by atoms with Crippen molar-refractivity contribution in [3.63, 3.8) is 0 Å². The monoisotopic (exact) mass is 194 g/mol. The molecule has 3 heteroatoms. The third-order valence-electron chi connectivity index (χ3n) is 1.75. The van der Waals surface area contributed by atoms with E-state index in [9.17, 15) is 9.18 Å². The number of allylic oxidation sites excluding steroid dienone is 2. The second-order valence-corrected chi connectivity index (χ2v) is 2.68. The first kappa shape index (κ1) is 10.4. The van der Waals surface area contributed by atoms with Crippen LogP contribution in [0.2, 0.25) is 0 Å². The fourth-order valence-electron chi connectivity index (χ4n) is 1.15. The van der Waals surface area contributed by atoms with Gasteiger partial charge in [0.1, 0.15) is 0 Å². The van der Waals surface area contributed by atoms with Crippen molar-refractivity contribution in [2.75, 3.05) is 7.11 Å². The van der Waals surface area contributed by atoms with Crippen LogP contribution < -0.4 is 4.74 Å². The molecule has 0 radical (unpaired) electrons. The van der Waals surface area contributed by atoms with Crippen molar-refractivity contribution in [3.8, 4) is 5.75 Å². The molecule has 0 aromatic heterocycles. The fourth-order valence-corrected chi connectivity index (χ4v) is 1.15. The Morgan fingerprint density at radius 1 is 1.50 bits per heavy atom. The molecule has 1 aromatic carbocycles. The molecular formula is C11H11FO2. The average molecular weight is 194 g/mol. The second-order valence-electron chi connectivity index (χ2n) is 2.68. The van der Waals surface area contributed by atoms with Crippen molar-refractivity contribution in [2.45, 2.75) is 6.92 Å². The van der Waals surface area contributed by atoms with E-state index in [1.807, 2.05) is 0 Å². The summed E-state index contributed by atoms with van der Waals surface area (Å²) in [6, 6.07) is 4.27. The molecular weight excluding hydrogens is 183 g/mol. The van der Waals surface area contributed by atoms with E-state index in [0.29, 0.717) is 0 Å². The smallest absolute Gasteiger partial charge is 0.189 e. The minimum Gasteiger partial charge on any atom is -0.493 e. The van der Waals surface area contributed by atoms with E-state index in [0.717, 1.165) is 0 Å². The molecule has 2 nitrogen and oxygen atoms in total. The number of methoxy groups -OCH3 is 1. The molecule has 0 N–H and O–H groups in total. The summed E-state index contributed by atoms with van der Waals surface area (Å²) >= 11 is 0. The Bertz CT molecular complexity index is 370. The van der Waals surface area contributed by atoms with Gasteiger partial charge in [0.05, 0.1) is 12.7 Å². The van der Waals surface area contributed by atoms with E-state index in [2.05, 4.69) is 0 Å². The average Bonchev–Trinajstić information content (AvgIpc) is 2.17. The molecule has 1 aromatic rings. The lowest BCUT2D eigenvalue weighted by Crippen LogP contribution is -2.00. The predicted octanol–water partition coefficient (Wildman–Crippen LogP) is 2.59. The van der Waals surface area contributed by atoms with Crippen molar-refractivity contribution in [1.82, 2.24) is 0 Å². The van der Waals surface area contributed by atoms with Crippen LogP contribution in [0.15, 0.2) is 30.4 Å². The number of benzene rings is 1. The summed E-state index contributed by atoms with van der Waals surface area (Å²) in [5.74, 6) is -0.790. The van der Waals surface area contributed by atoms with Crippen LogP contribution >= 0.6 is 0 Å². The maximum atomic E-state index is 13.1. The van der Waals surface area contributed by atoms with Gasteiger partial charge in [0.25, 0.3) is 0 Å². The van der Waals surface area contributed by atoms with Crippen molar-refractivity contribution < 1.29 is 13.9 Å². The van der Waals surface area contributed by atoms with Gasteiger partial charge in [-0.05, 0) is 25.1 Å². The first-order valence-electron chi connectivity index (χ1n) is 4.20. The molecule has 14 heavy (non-hydrogen) atoms. The standard InChI is InChI=1S/C11H11FO2/c1-3-5-10(13)8-6-4-7-9(12)11(8)14-2/h3-7H,1-2H3/b5-3+. The quantitative estimate of drug-likeness (QED) is 0.546. The number of rotatable bonds is 3. The summed E-state index contributed by atoms with van der Waals surface area (Å²) in [7, 11) is 1.34. The Morgan fingerprint density at radius 3 is 2.79 bits per heavy atom. The molecule has 0 aliphatic rings. The Hall–Kier alpha value is -1.64. The summed E-state index contributed by atoms with van der Waals surface area (Å²) in [5, 5.41) is 0. The van der Waals surface area contributed by atoms with Crippen LogP contribution in [0, 0.1) is 5.82 Å². The first-order chi connectivity index (χ1) is 6.70. The first-order valence-corrected chi connectivity index (χ1v) is 4.20.